The fourth-order valence-corrected chi connectivity index (χ4v) is 7.07. The van der Waals surface area contributed by atoms with Gasteiger partial charge in [0.05, 0.1) is 38.3 Å². The Labute approximate surface area is 243 Å². The summed E-state index contributed by atoms with van der Waals surface area (Å²) in [5.41, 5.74) is 1.05. The molecule has 1 aliphatic carbocycles. The van der Waals surface area contributed by atoms with Crippen molar-refractivity contribution < 1.29 is 43.6 Å². The zero-order valence-corrected chi connectivity index (χ0v) is 24.5. The molecule has 223 valence electrons. The second-order valence-corrected chi connectivity index (χ2v) is 12.5. The van der Waals surface area contributed by atoms with Crippen LogP contribution in [0.2, 0.25) is 0 Å². The Morgan fingerprint density at radius 3 is 2.21 bits per heavy atom. The lowest BCUT2D eigenvalue weighted by atomic mass is 9.65. The minimum absolute atomic E-state index is 0.0540. The molecule has 1 saturated heterocycles. The number of carbonyl (C=O) groups is 2. The van der Waals surface area contributed by atoms with Crippen molar-refractivity contribution >= 4 is 11.9 Å². The van der Waals surface area contributed by atoms with Crippen LogP contribution in [0, 0.1) is 11.8 Å². The molecule has 1 radical (unpaired) electrons. The maximum absolute atomic E-state index is 13.9. The van der Waals surface area contributed by atoms with Crippen molar-refractivity contribution in [2.24, 2.45) is 11.8 Å². The topological polar surface area (TPSA) is 136 Å². The Bertz CT molecular complexity index is 1470. The molecule has 0 aromatic heterocycles. The van der Waals surface area contributed by atoms with Crippen LogP contribution in [0.3, 0.4) is 0 Å². The maximum atomic E-state index is 13.9. The number of nitrogens with one attached hydrogen (secondary N) is 1. The van der Waals surface area contributed by atoms with E-state index in [1.807, 2.05) is 26.0 Å². The smallest absolute Gasteiger partial charge is 0.310 e. The van der Waals surface area contributed by atoms with Gasteiger partial charge in [0.1, 0.15) is 0 Å². The Morgan fingerprint density at radius 2 is 1.62 bits per heavy atom. The Balaban J connectivity index is 1.48. The van der Waals surface area contributed by atoms with Crippen LogP contribution in [0.5, 0.6) is 28.7 Å². The summed E-state index contributed by atoms with van der Waals surface area (Å²) in [4.78, 5) is 27.3. The summed E-state index contributed by atoms with van der Waals surface area (Å²) < 4.78 is 27.9. The summed E-state index contributed by atoms with van der Waals surface area (Å²) >= 11 is 0. The number of phenolic OH excluding ortho intramolecular Hbond substituents is 1. The molecule has 1 fully saturated rings. The molecule has 11 heteroatoms. The van der Waals surface area contributed by atoms with Crippen LogP contribution in [-0.4, -0.2) is 60.7 Å². The number of hydroxylamine groups is 2. The molecule has 0 saturated carbocycles. The predicted octanol–water partition coefficient (Wildman–Crippen LogP) is 3.76. The highest BCUT2D eigenvalue weighted by molar-refractivity contribution is 5.94. The van der Waals surface area contributed by atoms with Gasteiger partial charge in [-0.25, -0.2) is 0 Å². The normalized spacial score (nSPS) is 26.9. The molecule has 4 aliphatic rings. The highest BCUT2D eigenvalue weighted by Crippen LogP contribution is 2.55. The molecule has 2 aromatic rings. The van der Waals surface area contributed by atoms with E-state index in [4.69, 9.17) is 23.7 Å². The first-order valence-corrected chi connectivity index (χ1v) is 13.9. The van der Waals surface area contributed by atoms with Crippen LogP contribution < -0.4 is 24.3 Å². The van der Waals surface area contributed by atoms with E-state index >= 15 is 0 Å². The standard InChI is InChI=1S/C31H35N2O9/c1-30(2)11-16(12-31(3,4)33(30)37)28(35)32-26-18-10-21-20(41-14-42-21)9-17(18)24(25-19(26)13-40-29(25)36)15-7-22(38-5)27(34)23(8-15)39-6/h7-11,19,24-26,34H,12-14H2,1-6H3,(H,32,35)/t19?,24-,25+,26+/m1/s1. The quantitative estimate of drug-likeness (QED) is 0.508. The number of hydrogen-bond acceptors (Lipinski definition) is 9. The third-order valence-corrected chi connectivity index (χ3v) is 8.85. The number of hydrogen-bond donors (Lipinski definition) is 2. The van der Waals surface area contributed by atoms with Crippen molar-refractivity contribution in [3.8, 4) is 28.7 Å². The Hall–Kier alpha value is -3.96. The van der Waals surface area contributed by atoms with E-state index in [-0.39, 0.29) is 48.9 Å². The lowest BCUT2D eigenvalue weighted by Gasteiger charge is -2.45. The molecule has 2 N–H and O–H groups in total. The molecule has 0 bridgehead atoms. The Morgan fingerprint density at radius 1 is 1.00 bits per heavy atom. The number of aromatic hydroxyl groups is 1. The number of esters is 1. The average molecular weight is 580 g/mol. The van der Waals surface area contributed by atoms with Crippen LogP contribution in [0.15, 0.2) is 35.9 Å². The molecule has 3 heterocycles. The van der Waals surface area contributed by atoms with Gasteiger partial charge in [0.25, 0.3) is 0 Å². The number of rotatable bonds is 5. The van der Waals surface area contributed by atoms with E-state index < -0.39 is 34.9 Å². The minimum Gasteiger partial charge on any atom is -0.502 e. The van der Waals surface area contributed by atoms with E-state index in [9.17, 15) is 19.9 Å². The van der Waals surface area contributed by atoms with Gasteiger partial charge in [0, 0.05) is 22.9 Å². The van der Waals surface area contributed by atoms with Gasteiger partial charge in [-0.05, 0) is 75.1 Å². The molecule has 1 unspecified atom stereocenters. The van der Waals surface area contributed by atoms with Gasteiger partial charge < -0.3 is 34.1 Å². The van der Waals surface area contributed by atoms with Gasteiger partial charge in [-0.15, -0.1) is 10.3 Å². The van der Waals surface area contributed by atoms with Gasteiger partial charge >= 0.3 is 5.97 Å². The lowest BCUT2D eigenvalue weighted by Crippen LogP contribution is -2.56. The van der Waals surface area contributed by atoms with Crippen molar-refractivity contribution in [2.75, 3.05) is 27.6 Å². The molecular weight excluding hydrogens is 544 g/mol. The number of nitrogens with zero attached hydrogens (tertiary/aromatic N) is 1. The van der Waals surface area contributed by atoms with Gasteiger partial charge in [-0.3, -0.25) is 9.59 Å². The van der Waals surface area contributed by atoms with Crippen LogP contribution >= 0.6 is 0 Å². The van der Waals surface area contributed by atoms with Crippen molar-refractivity contribution in [1.82, 2.24) is 10.4 Å². The zero-order chi connectivity index (χ0) is 30.1. The van der Waals surface area contributed by atoms with Gasteiger partial charge in [0.15, 0.2) is 23.0 Å². The summed E-state index contributed by atoms with van der Waals surface area (Å²) in [6.45, 7) is 7.38. The first kappa shape index (κ1) is 28.2. The summed E-state index contributed by atoms with van der Waals surface area (Å²) in [5.74, 6) is -0.964. The molecule has 3 aliphatic heterocycles. The Kier molecular flexibility index (Phi) is 6.58. The third kappa shape index (κ3) is 4.33. The van der Waals surface area contributed by atoms with Crippen LogP contribution in [0.1, 0.15) is 62.8 Å². The van der Waals surface area contributed by atoms with Crippen LogP contribution in [-0.2, 0) is 19.5 Å². The van der Waals surface area contributed by atoms with Crippen molar-refractivity contribution in [1.29, 1.82) is 0 Å². The number of methoxy groups -OCH3 is 2. The second kappa shape index (κ2) is 9.81. The number of benzene rings is 2. The highest BCUT2D eigenvalue weighted by atomic mass is 16.7. The fourth-order valence-electron chi connectivity index (χ4n) is 7.07. The third-order valence-electron chi connectivity index (χ3n) is 8.85. The van der Waals surface area contributed by atoms with Crippen LogP contribution in [0.4, 0.5) is 0 Å². The molecule has 2 aromatic carbocycles. The monoisotopic (exact) mass is 579 g/mol. The van der Waals surface area contributed by atoms with E-state index in [0.29, 0.717) is 22.6 Å². The number of fused-ring (bicyclic) bond motifs is 3. The number of phenols is 1. The molecular formula is C31H35N2O9. The van der Waals surface area contributed by atoms with Gasteiger partial charge in [0.2, 0.25) is 18.4 Å². The maximum Gasteiger partial charge on any atom is 0.310 e. The number of amides is 1. The number of carbonyl (C=O) groups excluding carboxylic acids is 2. The second-order valence-electron chi connectivity index (χ2n) is 12.5. The van der Waals surface area contributed by atoms with Gasteiger partial charge in [-0.2, -0.15) is 0 Å². The van der Waals surface area contributed by atoms with E-state index in [1.54, 1.807) is 32.1 Å². The number of cyclic esters (lactones) is 1. The fraction of sp³-hybridized carbons (Fsp3) is 0.484. The van der Waals surface area contributed by atoms with Crippen molar-refractivity contribution in [3.05, 3.63) is 52.6 Å². The zero-order valence-electron chi connectivity index (χ0n) is 24.5. The van der Waals surface area contributed by atoms with Crippen LogP contribution in [0.25, 0.3) is 0 Å². The first-order valence-electron chi connectivity index (χ1n) is 13.9. The predicted molar refractivity (Wildman–Crippen MR) is 148 cm³/mol. The van der Waals surface area contributed by atoms with E-state index in [0.717, 1.165) is 16.2 Å². The molecule has 1 amide bonds. The minimum atomic E-state index is -0.873. The van der Waals surface area contributed by atoms with Crippen molar-refractivity contribution in [3.63, 3.8) is 0 Å². The summed E-state index contributed by atoms with van der Waals surface area (Å²) in [6, 6.07) is 6.48. The van der Waals surface area contributed by atoms with E-state index in [2.05, 4.69) is 5.32 Å². The summed E-state index contributed by atoms with van der Waals surface area (Å²) in [7, 11) is 2.88. The SMILES string of the molecule is COc1cc([C@@H]2c3cc4c(cc3[C@H](NC(=O)C3=CC(C)(C)N([O])C(C)(C)C3)C3COC(=O)[C@@H]32)OCO4)cc(OC)c1O. The number of ether oxygens (including phenoxy) is 5. The summed E-state index contributed by atoms with van der Waals surface area (Å²) in [5, 5.41) is 27.7. The first-order chi connectivity index (χ1) is 19.9. The molecule has 11 nitrogen and oxygen atoms in total. The molecule has 6 rings (SSSR count). The molecule has 4 atom stereocenters. The average Bonchev–Trinajstić information content (AvgIpc) is 3.56. The molecule has 42 heavy (non-hydrogen) atoms. The van der Waals surface area contributed by atoms with Gasteiger partial charge in [-0.1, -0.05) is 6.08 Å². The molecule has 0 spiro atoms. The highest BCUT2D eigenvalue weighted by Gasteiger charge is 2.53. The van der Waals surface area contributed by atoms with Crippen molar-refractivity contribution in [2.45, 2.75) is 57.2 Å². The van der Waals surface area contributed by atoms with E-state index in [1.165, 1.54) is 14.2 Å². The lowest BCUT2D eigenvalue weighted by molar-refractivity contribution is -0.263. The summed E-state index contributed by atoms with van der Waals surface area (Å²) in [6.07, 6.45) is 1.99. The largest absolute Gasteiger partial charge is 0.502 e.